The summed E-state index contributed by atoms with van der Waals surface area (Å²) < 4.78 is 60.9. The first-order chi connectivity index (χ1) is 16.1. The average molecular weight is 483 g/mol. The maximum absolute atomic E-state index is 14.3. The number of aromatic nitrogens is 5. The molecular weight excluding hydrogens is 458 g/mol. The number of imidazole rings is 1. The molecule has 0 aliphatic carbocycles. The van der Waals surface area contributed by atoms with Gasteiger partial charge in [0.25, 0.3) is 0 Å². The summed E-state index contributed by atoms with van der Waals surface area (Å²) in [6.07, 6.45) is -4.08. The predicted molar refractivity (Wildman–Crippen MR) is 117 cm³/mol. The summed E-state index contributed by atoms with van der Waals surface area (Å²) in [7, 11) is 1.48. The van der Waals surface area contributed by atoms with Gasteiger partial charge in [-0.05, 0) is 26.3 Å². The van der Waals surface area contributed by atoms with Crippen molar-refractivity contribution >= 4 is 28.6 Å². The fourth-order valence-electron chi connectivity index (χ4n) is 3.97. The molecule has 4 rings (SSSR count). The topological polar surface area (TPSA) is 101 Å². The third-order valence-corrected chi connectivity index (χ3v) is 5.80. The number of alkyl halides is 4. The van der Waals surface area contributed by atoms with Crippen LogP contribution in [0.2, 0.25) is 0 Å². The second-order valence-electron chi connectivity index (χ2n) is 8.18. The highest BCUT2D eigenvalue weighted by atomic mass is 19.4. The fourth-order valence-corrected chi connectivity index (χ4v) is 3.97. The van der Waals surface area contributed by atoms with E-state index in [2.05, 4.69) is 25.3 Å². The number of aliphatic hydroxyl groups excluding tert-OH is 1. The van der Waals surface area contributed by atoms with E-state index in [1.807, 2.05) is 0 Å². The van der Waals surface area contributed by atoms with E-state index in [1.165, 1.54) is 32.5 Å². The van der Waals surface area contributed by atoms with Crippen molar-refractivity contribution in [1.82, 2.24) is 24.5 Å². The average Bonchev–Trinajstić information content (AvgIpc) is 3.17. The van der Waals surface area contributed by atoms with Gasteiger partial charge >= 0.3 is 6.18 Å². The summed E-state index contributed by atoms with van der Waals surface area (Å²) >= 11 is 0. The number of piperidine rings is 1. The van der Waals surface area contributed by atoms with Crippen LogP contribution in [-0.2, 0) is 4.74 Å². The van der Waals surface area contributed by atoms with Gasteiger partial charge in [-0.25, -0.2) is 19.3 Å². The lowest BCUT2D eigenvalue weighted by Crippen LogP contribution is -2.46. The first-order valence-electron chi connectivity index (χ1n) is 10.7. The van der Waals surface area contributed by atoms with Crippen LogP contribution >= 0.6 is 0 Å². The molecule has 0 bridgehead atoms. The molecule has 0 aromatic carbocycles. The number of nitrogens with one attached hydrogen (secondary N) is 1. The highest BCUT2D eigenvalue weighted by Gasteiger charge is 2.40. The van der Waals surface area contributed by atoms with Gasteiger partial charge in [0.1, 0.15) is 41.3 Å². The molecule has 34 heavy (non-hydrogen) atoms. The minimum absolute atomic E-state index is 0.0861. The molecule has 2 N–H and O–H groups in total. The number of pyridine rings is 1. The van der Waals surface area contributed by atoms with Crippen molar-refractivity contribution in [3.05, 3.63) is 30.4 Å². The molecule has 9 nitrogen and oxygen atoms in total. The van der Waals surface area contributed by atoms with Crippen molar-refractivity contribution in [2.24, 2.45) is 0 Å². The van der Waals surface area contributed by atoms with Crippen molar-refractivity contribution in [3.63, 3.8) is 0 Å². The molecule has 3 aromatic heterocycles. The van der Waals surface area contributed by atoms with Crippen molar-refractivity contribution < 1.29 is 27.4 Å². The van der Waals surface area contributed by atoms with E-state index < -0.39 is 30.6 Å². The Balaban J connectivity index is 1.62. The SMILES string of the molecule is CO[C@H]1CCN(c2nccc(Nc3cc4c(cn3)nc([C@@H](C)O)n4[C@@H](C)C(F)(F)F)n2)C[C@H]1F. The van der Waals surface area contributed by atoms with Crippen molar-refractivity contribution in [3.8, 4) is 0 Å². The maximum atomic E-state index is 14.3. The molecule has 0 radical (unpaired) electrons. The van der Waals surface area contributed by atoms with Crippen molar-refractivity contribution in [1.29, 1.82) is 0 Å². The van der Waals surface area contributed by atoms with E-state index in [-0.39, 0.29) is 29.2 Å². The second-order valence-corrected chi connectivity index (χ2v) is 8.18. The van der Waals surface area contributed by atoms with Gasteiger partial charge in [0.2, 0.25) is 5.95 Å². The molecule has 1 aliphatic heterocycles. The van der Waals surface area contributed by atoms with E-state index in [1.54, 1.807) is 11.0 Å². The summed E-state index contributed by atoms with van der Waals surface area (Å²) in [6.45, 7) is 2.96. The molecule has 1 fully saturated rings. The Morgan fingerprint density at radius 1 is 1.21 bits per heavy atom. The zero-order valence-corrected chi connectivity index (χ0v) is 18.8. The number of fused-ring (bicyclic) bond motifs is 1. The Labute approximate surface area is 192 Å². The van der Waals surface area contributed by atoms with Crippen molar-refractivity contribution in [2.75, 3.05) is 30.4 Å². The van der Waals surface area contributed by atoms with Gasteiger partial charge in [0.15, 0.2) is 0 Å². The molecule has 4 heterocycles. The fraction of sp³-hybridized carbons (Fsp3) is 0.524. The number of halogens is 4. The third kappa shape index (κ3) is 4.75. The highest BCUT2D eigenvalue weighted by Crippen LogP contribution is 2.36. The molecule has 0 saturated carbocycles. The number of nitrogens with zero attached hydrogens (tertiary/aromatic N) is 6. The van der Waals surface area contributed by atoms with Gasteiger partial charge in [-0.2, -0.15) is 18.2 Å². The monoisotopic (exact) mass is 483 g/mol. The largest absolute Gasteiger partial charge is 0.408 e. The lowest BCUT2D eigenvalue weighted by Gasteiger charge is -2.33. The molecule has 1 aliphatic rings. The standard InChI is InChI=1S/C21H25F4N7O2/c1-11(33)19-28-14-9-27-18(8-15(14)32(19)12(2)21(23,24)25)29-17-4-6-26-20(30-17)31-7-5-16(34-3)13(22)10-31/h4,6,8-9,11-13,16,33H,5,7,10H2,1-3H3,(H,26,27,29,30)/t11-,12+,13-,16+/m1/s1. The highest BCUT2D eigenvalue weighted by molar-refractivity contribution is 5.79. The summed E-state index contributed by atoms with van der Waals surface area (Å²) in [5.74, 6) is 0.775. The minimum atomic E-state index is -4.54. The Bertz CT molecular complexity index is 1150. The summed E-state index contributed by atoms with van der Waals surface area (Å²) in [5, 5.41) is 12.9. The predicted octanol–water partition coefficient (Wildman–Crippen LogP) is 3.70. The van der Waals surface area contributed by atoms with Gasteiger partial charge in [0, 0.05) is 25.9 Å². The van der Waals surface area contributed by atoms with Crippen LogP contribution in [0.4, 0.5) is 35.1 Å². The van der Waals surface area contributed by atoms with Crippen molar-refractivity contribution in [2.45, 2.75) is 50.9 Å². The molecule has 4 atom stereocenters. The van der Waals surface area contributed by atoms with Gasteiger partial charge in [0.05, 0.1) is 24.4 Å². The summed E-state index contributed by atoms with van der Waals surface area (Å²) in [6, 6.07) is 1.08. The number of anilines is 3. The van der Waals surface area contributed by atoms with Crippen LogP contribution in [0.15, 0.2) is 24.5 Å². The zero-order valence-electron chi connectivity index (χ0n) is 18.8. The molecule has 0 unspecified atom stereocenters. The molecule has 1 saturated heterocycles. The Morgan fingerprint density at radius 2 is 1.97 bits per heavy atom. The molecule has 0 amide bonds. The Hall–Kier alpha value is -3.06. The lowest BCUT2D eigenvalue weighted by atomic mass is 10.1. The number of ether oxygens (including phenoxy) is 1. The van der Waals surface area contributed by atoms with E-state index >= 15 is 0 Å². The number of hydrogen-bond acceptors (Lipinski definition) is 8. The zero-order chi connectivity index (χ0) is 24.6. The third-order valence-electron chi connectivity index (χ3n) is 5.80. The molecule has 0 spiro atoms. The molecule has 184 valence electrons. The minimum Gasteiger partial charge on any atom is -0.385 e. The quantitative estimate of drug-likeness (QED) is 0.512. The Morgan fingerprint density at radius 3 is 2.62 bits per heavy atom. The van der Waals surface area contributed by atoms with Crippen LogP contribution in [-0.4, -0.2) is 68.3 Å². The van der Waals surface area contributed by atoms with Gasteiger partial charge in [-0.3, -0.25) is 0 Å². The molecule has 3 aromatic rings. The maximum Gasteiger partial charge on any atom is 0.408 e. The van der Waals surface area contributed by atoms with Crippen LogP contribution in [0.5, 0.6) is 0 Å². The van der Waals surface area contributed by atoms with E-state index in [9.17, 15) is 22.7 Å². The number of rotatable bonds is 6. The van der Waals surface area contributed by atoms with Gasteiger partial charge in [-0.1, -0.05) is 0 Å². The smallest absolute Gasteiger partial charge is 0.385 e. The van der Waals surface area contributed by atoms with Crippen LogP contribution in [0.3, 0.4) is 0 Å². The van der Waals surface area contributed by atoms with Gasteiger partial charge < -0.3 is 24.6 Å². The number of aliphatic hydroxyl groups is 1. The van der Waals surface area contributed by atoms with Crippen LogP contribution in [0.1, 0.15) is 38.2 Å². The Kier molecular flexibility index (Phi) is 6.58. The van der Waals surface area contributed by atoms with Crippen LogP contribution in [0.25, 0.3) is 11.0 Å². The first kappa shape index (κ1) is 24.1. The summed E-state index contributed by atoms with van der Waals surface area (Å²) in [5.41, 5.74) is 0.380. The van der Waals surface area contributed by atoms with Crippen LogP contribution < -0.4 is 10.2 Å². The van der Waals surface area contributed by atoms with E-state index in [0.29, 0.717) is 24.7 Å². The van der Waals surface area contributed by atoms with Crippen LogP contribution in [0, 0.1) is 0 Å². The first-order valence-corrected chi connectivity index (χ1v) is 10.7. The number of methoxy groups -OCH3 is 1. The normalized spacial score (nSPS) is 21.0. The lowest BCUT2D eigenvalue weighted by molar-refractivity contribution is -0.163. The summed E-state index contributed by atoms with van der Waals surface area (Å²) in [4.78, 5) is 18.7. The molecular formula is C21H25F4N7O2. The molecule has 13 heteroatoms. The van der Waals surface area contributed by atoms with Gasteiger partial charge in [-0.15, -0.1) is 0 Å². The van der Waals surface area contributed by atoms with E-state index in [4.69, 9.17) is 4.74 Å². The number of hydrogen-bond donors (Lipinski definition) is 2. The second kappa shape index (κ2) is 9.29. The van der Waals surface area contributed by atoms with E-state index in [0.717, 1.165) is 11.5 Å².